The van der Waals surface area contributed by atoms with Crippen molar-refractivity contribution in [3.63, 3.8) is 0 Å². The first kappa shape index (κ1) is 14.4. The van der Waals surface area contributed by atoms with E-state index in [1.165, 1.54) is 22.6 Å². The molecule has 0 aliphatic heterocycles. The van der Waals surface area contributed by atoms with E-state index in [1.807, 2.05) is 0 Å². The predicted molar refractivity (Wildman–Crippen MR) is 56.5 cm³/mol. The molecular weight excluding hydrogens is 362 g/mol. The monoisotopic (exact) mass is 368 g/mol. The molecule has 1 aromatic heterocycles. The average Bonchev–Trinajstić information content (AvgIpc) is 2.15. The molecule has 0 amide bonds. The largest absolute Gasteiger partial charge is 0.574 e. The lowest BCUT2D eigenvalue weighted by molar-refractivity contribution is -0.276. The maximum absolute atomic E-state index is 12.5. The molecule has 96 valence electrons. The molecule has 1 heterocycles. The quantitative estimate of drug-likeness (QED) is 0.659. The van der Waals surface area contributed by atoms with Gasteiger partial charge in [0.05, 0.1) is 0 Å². The second-order valence-electron chi connectivity index (χ2n) is 2.86. The number of nitrogens with zero attached hydrogens (tertiary/aromatic N) is 1. The van der Waals surface area contributed by atoms with E-state index < -0.39 is 24.2 Å². The maximum atomic E-state index is 12.5. The van der Waals surface area contributed by atoms with Crippen LogP contribution >= 0.6 is 22.6 Å². The van der Waals surface area contributed by atoms with Crippen LogP contribution in [0, 0.1) is 3.57 Å². The summed E-state index contributed by atoms with van der Waals surface area (Å²) in [5, 5.41) is 0. The summed E-state index contributed by atoms with van der Waals surface area (Å²) in [7, 11) is 0. The van der Waals surface area contributed by atoms with E-state index in [-0.39, 0.29) is 15.7 Å². The van der Waals surface area contributed by atoms with Crippen LogP contribution in [0.3, 0.4) is 0 Å². The smallest absolute Gasteiger partial charge is 0.387 e. The topological polar surface area (TPSA) is 48.1 Å². The number of nitrogens with two attached hydrogens (primary N) is 1. The molecular formula is C8H6F5IN2O. The van der Waals surface area contributed by atoms with Crippen LogP contribution in [0.15, 0.2) is 6.20 Å². The van der Waals surface area contributed by atoms with Crippen molar-refractivity contribution in [1.82, 2.24) is 4.98 Å². The van der Waals surface area contributed by atoms with Crippen LogP contribution in [0.5, 0.6) is 5.88 Å². The Labute approximate surface area is 106 Å². The molecule has 0 atom stereocenters. The van der Waals surface area contributed by atoms with Gasteiger partial charge in [0.25, 0.3) is 6.43 Å². The first-order valence-electron chi connectivity index (χ1n) is 4.17. The van der Waals surface area contributed by atoms with Crippen molar-refractivity contribution in [2.24, 2.45) is 5.73 Å². The first-order valence-corrected chi connectivity index (χ1v) is 5.25. The van der Waals surface area contributed by atoms with Crippen molar-refractivity contribution in [1.29, 1.82) is 0 Å². The lowest BCUT2D eigenvalue weighted by Gasteiger charge is -2.14. The highest BCUT2D eigenvalue weighted by Crippen LogP contribution is 2.32. The molecule has 0 fully saturated rings. The summed E-state index contributed by atoms with van der Waals surface area (Å²) < 4.78 is 64.4. The van der Waals surface area contributed by atoms with Gasteiger partial charge in [-0.2, -0.15) is 0 Å². The number of aromatic nitrogens is 1. The normalized spacial score (nSPS) is 12.0. The van der Waals surface area contributed by atoms with E-state index in [4.69, 9.17) is 5.73 Å². The molecule has 17 heavy (non-hydrogen) atoms. The molecule has 0 bridgehead atoms. The van der Waals surface area contributed by atoms with Crippen LogP contribution in [-0.4, -0.2) is 11.3 Å². The van der Waals surface area contributed by atoms with Crippen LogP contribution in [0.4, 0.5) is 22.0 Å². The number of rotatable bonds is 3. The number of ether oxygens (including phenoxy) is 1. The predicted octanol–water partition coefficient (Wildman–Crippen LogP) is 2.98. The van der Waals surface area contributed by atoms with E-state index in [0.717, 1.165) is 0 Å². The van der Waals surface area contributed by atoms with E-state index in [2.05, 4.69) is 9.72 Å². The second kappa shape index (κ2) is 5.29. The summed E-state index contributed by atoms with van der Waals surface area (Å²) in [5.74, 6) is -0.797. The molecule has 0 radical (unpaired) electrons. The molecule has 1 rings (SSSR count). The van der Waals surface area contributed by atoms with E-state index in [9.17, 15) is 22.0 Å². The summed E-state index contributed by atoms with van der Waals surface area (Å²) in [6.45, 7) is -0.378. The molecule has 2 N–H and O–H groups in total. The van der Waals surface area contributed by atoms with E-state index in [1.54, 1.807) is 0 Å². The Morgan fingerprint density at radius 2 is 2.00 bits per heavy atom. The molecule has 0 aliphatic rings. The Balaban J connectivity index is 3.21. The van der Waals surface area contributed by atoms with Crippen LogP contribution in [-0.2, 0) is 6.54 Å². The van der Waals surface area contributed by atoms with Gasteiger partial charge >= 0.3 is 6.36 Å². The SMILES string of the molecule is NCc1c(OC(F)(F)F)ncc(C(F)F)c1I. The van der Waals surface area contributed by atoms with Crippen LogP contribution in [0.1, 0.15) is 17.6 Å². The standard InChI is InChI=1S/C8H6F5IN2O/c9-6(10)4-2-16-7(17-8(11,12)13)3(1-15)5(4)14/h2,6H,1,15H2. The van der Waals surface area contributed by atoms with Gasteiger partial charge in [0.2, 0.25) is 5.88 Å². The van der Waals surface area contributed by atoms with Gasteiger partial charge in [0.1, 0.15) is 0 Å². The molecule has 0 aromatic carbocycles. The minimum Gasteiger partial charge on any atom is -0.387 e. The minimum atomic E-state index is -4.94. The lowest BCUT2D eigenvalue weighted by Crippen LogP contribution is -2.20. The van der Waals surface area contributed by atoms with Crippen molar-refractivity contribution >= 4 is 22.6 Å². The third-order valence-corrected chi connectivity index (χ3v) is 3.02. The molecule has 0 saturated heterocycles. The summed E-state index contributed by atoms with van der Waals surface area (Å²) in [6.07, 6.45) is -7.13. The molecule has 1 aromatic rings. The first-order chi connectivity index (χ1) is 7.76. The summed E-state index contributed by atoms with van der Waals surface area (Å²) in [4.78, 5) is 3.21. The van der Waals surface area contributed by atoms with Gasteiger partial charge in [0.15, 0.2) is 0 Å². The van der Waals surface area contributed by atoms with E-state index in [0.29, 0.717) is 6.20 Å². The Morgan fingerprint density at radius 3 is 2.41 bits per heavy atom. The molecule has 0 aliphatic carbocycles. The zero-order valence-electron chi connectivity index (χ0n) is 8.06. The number of hydrogen-bond donors (Lipinski definition) is 1. The fourth-order valence-corrected chi connectivity index (χ4v) is 1.88. The van der Waals surface area contributed by atoms with Gasteiger partial charge in [-0.15, -0.1) is 13.2 Å². The highest BCUT2D eigenvalue weighted by Gasteiger charge is 2.33. The van der Waals surface area contributed by atoms with Gasteiger partial charge in [-0.3, -0.25) is 0 Å². The second-order valence-corrected chi connectivity index (χ2v) is 3.94. The lowest BCUT2D eigenvalue weighted by atomic mass is 10.2. The Morgan fingerprint density at radius 1 is 1.41 bits per heavy atom. The zero-order chi connectivity index (χ0) is 13.2. The fourth-order valence-electron chi connectivity index (χ4n) is 1.06. The van der Waals surface area contributed by atoms with Gasteiger partial charge in [-0.05, 0) is 22.6 Å². The number of hydrogen-bond acceptors (Lipinski definition) is 3. The van der Waals surface area contributed by atoms with Crippen LogP contribution in [0.25, 0.3) is 0 Å². The molecule has 0 saturated carbocycles. The van der Waals surface area contributed by atoms with Crippen LogP contribution in [0.2, 0.25) is 0 Å². The maximum Gasteiger partial charge on any atom is 0.574 e. The van der Waals surface area contributed by atoms with Crippen molar-refractivity contribution in [2.45, 2.75) is 19.3 Å². The van der Waals surface area contributed by atoms with Crippen LogP contribution < -0.4 is 10.5 Å². The molecule has 3 nitrogen and oxygen atoms in total. The number of halogens is 6. The van der Waals surface area contributed by atoms with E-state index >= 15 is 0 Å². The molecule has 0 spiro atoms. The molecule has 9 heteroatoms. The zero-order valence-corrected chi connectivity index (χ0v) is 10.2. The third kappa shape index (κ3) is 3.63. The Kier molecular flexibility index (Phi) is 4.47. The summed E-state index contributed by atoms with van der Waals surface area (Å²) in [5.41, 5.74) is 4.54. The van der Waals surface area contributed by atoms with Gasteiger partial charge in [-0.25, -0.2) is 13.8 Å². The van der Waals surface area contributed by atoms with Crippen molar-refractivity contribution in [3.05, 3.63) is 20.9 Å². The average molecular weight is 368 g/mol. The summed E-state index contributed by atoms with van der Waals surface area (Å²) in [6, 6.07) is 0. The van der Waals surface area contributed by atoms with Crippen molar-refractivity contribution < 1.29 is 26.7 Å². The minimum absolute atomic E-state index is 0.0747. The van der Waals surface area contributed by atoms with Crippen molar-refractivity contribution in [2.75, 3.05) is 0 Å². The van der Waals surface area contributed by atoms with Gasteiger partial charge in [-0.1, -0.05) is 0 Å². The number of alkyl halides is 5. The van der Waals surface area contributed by atoms with Crippen molar-refractivity contribution in [3.8, 4) is 5.88 Å². The summed E-state index contributed by atoms with van der Waals surface area (Å²) >= 11 is 1.49. The molecule has 0 unspecified atom stereocenters. The Hall–Kier alpha value is -0.710. The Bertz CT molecular complexity index is 410. The number of pyridine rings is 1. The highest BCUT2D eigenvalue weighted by atomic mass is 127. The van der Waals surface area contributed by atoms with Gasteiger partial charge < -0.3 is 10.5 Å². The third-order valence-electron chi connectivity index (χ3n) is 1.75. The fraction of sp³-hybridized carbons (Fsp3) is 0.375. The highest BCUT2D eigenvalue weighted by molar-refractivity contribution is 14.1. The van der Waals surface area contributed by atoms with Gasteiger partial charge in [0, 0.05) is 27.4 Å².